The van der Waals surface area contributed by atoms with Gasteiger partial charge in [-0.05, 0) is 36.1 Å². The number of ether oxygens (including phenoxy) is 1. The first-order valence-electron chi connectivity index (χ1n) is 7.87. The number of nitrogens with two attached hydrogens (primary N) is 1. The van der Waals surface area contributed by atoms with Crippen LogP contribution in [0.25, 0.3) is 0 Å². The number of thiophene rings is 2. The molecule has 126 valence electrons. The van der Waals surface area contributed by atoms with Crippen LogP contribution in [-0.4, -0.2) is 18.6 Å². The molecule has 4 nitrogen and oxygen atoms in total. The van der Waals surface area contributed by atoms with Crippen molar-refractivity contribution in [2.75, 3.05) is 6.54 Å². The van der Waals surface area contributed by atoms with Gasteiger partial charge in [0.15, 0.2) is 5.06 Å². The third-order valence-corrected chi connectivity index (χ3v) is 5.59. The van der Waals surface area contributed by atoms with Crippen LogP contribution in [0.2, 0.25) is 0 Å². The molecular formula is C18H20N2O2S2. The van der Waals surface area contributed by atoms with Gasteiger partial charge in [0.25, 0.3) is 0 Å². The smallest absolute Gasteiger partial charge is 0.248 e. The summed E-state index contributed by atoms with van der Waals surface area (Å²) >= 11 is 3.45. The predicted molar refractivity (Wildman–Crippen MR) is 99.5 cm³/mol. The third-order valence-electron chi connectivity index (χ3n) is 3.68. The fourth-order valence-electron chi connectivity index (χ4n) is 2.41. The number of hydrogen-bond donors (Lipinski definition) is 2. The minimum absolute atomic E-state index is 0.0358. The number of rotatable bonds is 8. The summed E-state index contributed by atoms with van der Waals surface area (Å²) in [5.74, 6) is -0.392. The fourth-order valence-corrected chi connectivity index (χ4v) is 4.00. The second-order valence-electron chi connectivity index (χ2n) is 5.50. The monoisotopic (exact) mass is 360 g/mol. The van der Waals surface area contributed by atoms with E-state index in [0.717, 1.165) is 24.6 Å². The molecule has 0 saturated heterocycles. The summed E-state index contributed by atoms with van der Waals surface area (Å²) in [4.78, 5) is 13.7. The summed E-state index contributed by atoms with van der Waals surface area (Å²) in [6.07, 6.45) is 7.14. The molecule has 2 aromatic rings. The average Bonchev–Trinajstić information content (AvgIpc) is 3.24. The highest BCUT2D eigenvalue weighted by Crippen LogP contribution is 2.27. The highest BCUT2D eigenvalue weighted by atomic mass is 32.1. The Labute approximate surface area is 149 Å². The van der Waals surface area contributed by atoms with Crippen molar-refractivity contribution >= 4 is 28.6 Å². The van der Waals surface area contributed by atoms with Gasteiger partial charge >= 0.3 is 0 Å². The lowest BCUT2D eigenvalue weighted by Crippen LogP contribution is -2.19. The molecule has 2 heterocycles. The molecular weight excluding hydrogens is 340 g/mol. The van der Waals surface area contributed by atoms with E-state index in [-0.39, 0.29) is 6.10 Å². The minimum atomic E-state index is -0.392. The van der Waals surface area contributed by atoms with E-state index < -0.39 is 5.91 Å². The van der Waals surface area contributed by atoms with Crippen LogP contribution >= 0.6 is 22.7 Å². The summed E-state index contributed by atoms with van der Waals surface area (Å²) in [7, 11) is 0. The number of nitrogens with one attached hydrogen (secondary N) is 1. The summed E-state index contributed by atoms with van der Waals surface area (Å²) in [5.41, 5.74) is 5.81. The Kier molecular flexibility index (Phi) is 5.85. The van der Waals surface area contributed by atoms with E-state index in [1.807, 2.05) is 18.2 Å². The zero-order chi connectivity index (χ0) is 16.8. The maximum atomic E-state index is 11.1. The van der Waals surface area contributed by atoms with Crippen molar-refractivity contribution in [3.63, 3.8) is 0 Å². The van der Waals surface area contributed by atoms with Gasteiger partial charge in [0.2, 0.25) is 5.91 Å². The predicted octanol–water partition coefficient (Wildman–Crippen LogP) is 3.26. The maximum Gasteiger partial charge on any atom is 0.248 e. The van der Waals surface area contributed by atoms with Crippen molar-refractivity contribution in [1.29, 1.82) is 0 Å². The van der Waals surface area contributed by atoms with Gasteiger partial charge in [-0.25, -0.2) is 0 Å². The first kappa shape index (κ1) is 17.0. The van der Waals surface area contributed by atoms with Gasteiger partial charge in [-0.15, -0.1) is 22.7 Å². The lowest BCUT2D eigenvalue weighted by molar-refractivity contribution is -0.114. The van der Waals surface area contributed by atoms with Crippen molar-refractivity contribution in [3.05, 3.63) is 63.2 Å². The van der Waals surface area contributed by atoms with Gasteiger partial charge in [0.1, 0.15) is 6.10 Å². The van der Waals surface area contributed by atoms with E-state index in [4.69, 9.17) is 10.5 Å². The van der Waals surface area contributed by atoms with Gasteiger partial charge in [-0.1, -0.05) is 18.2 Å². The van der Waals surface area contributed by atoms with E-state index in [1.165, 1.54) is 9.75 Å². The van der Waals surface area contributed by atoms with Crippen LogP contribution in [0.5, 0.6) is 5.06 Å². The molecule has 0 fully saturated rings. The van der Waals surface area contributed by atoms with Crippen LogP contribution in [0.3, 0.4) is 0 Å². The molecule has 0 aromatic carbocycles. The summed E-state index contributed by atoms with van der Waals surface area (Å²) in [6, 6.07) is 8.35. The van der Waals surface area contributed by atoms with Crippen molar-refractivity contribution in [2.45, 2.75) is 25.5 Å². The van der Waals surface area contributed by atoms with Crippen LogP contribution in [0.15, 0.2) is 53.4 Å². The lowest BCUT2D eigenvalue weighted by Gasteiger charge is -2.15. The molecule has 1 amide bonds. The highest BCUT2D eigenvalue weighted by Gasteiger charge is 2.13. The number of primary amides is 1. The quantitative estimate of drug-likeness (QED) is 0.710. The molecule has 2 aromatic heterocycles. The van der Waals surface area contributed by atoms with E-state index in [9.17, 15) is 4.79 Å². The van der Waals surface area contributed by atoms with Crippen LogP contribution < -0.4 is 15.8 Å². The van der Waals surface area contributed by atoms with Crippen LogP contribution in [0.4, 0.5) is 0 Å². The number of carbonyl (C=O) groups is 1. The largest absolute Gasteiger partial charge is 0.476 e. The molecule has 1 aliphatic carbocycles. The average molecular weight is 361 g/mol. The van der Waals surface area contributed by atoms with Gasteiger partial charge in [0.05, 0.1) is 0 Å². The lowest BCUT2D eigenvalue weighted by atomic mass is 10.0. The molecule has 0 aliphatic heterocycles. The van der Waals surface area contributed by atoms with E-state index in [0.29, 0.717) is 12.0 Å². The molecule has 3 N–H and O–H groups in total. The molecule has 1 aliphatic rings. The van der Waals surface area contributed by atoms with Gasteiger partial charge in [0, 0.05) is 34.8 Å². The van der Waals surface area contributed by atoms with E-state index in [2.05, 4.69) is 28.9 Å². The number of amides is 1. The summed E-state index contributed by atoms with van der Waals surface area (Å²) in [6.45, 7) is 1.83. The maximum absolute atomic E-state index is 11.1. The molecule has 0 radical (unpaired) electrons. The Balaban J connectivity index is 1.41. The second-order valence-corrected chi connectivity index (χ2v) is 7.66. The Morgan fingerprint density at radius 1 is 1.33 bits per heavy atom. The third kappa shape index (κ3) is 4.80. The Hall–Kier alpha value is -1.89. The first-order valence-corrected chi connectivity index (χ1v) is 9.57. The SMILES string of the molecule is NC(=O)C1=CCC(Oc2ccc(CNCCc3cccs3)s2)C=C1. The Morgan fingerprint density at radius 2 is 2.25 bits per heavy atom. The van der Waals surface area contributed by atoms with Crippen molar-refractivity contribution in [3.8, 4) is 5.06 Å². The Bertz CT molecular complexity index is 732. The van der Waals surface area contributed by atoms with E-state index in [1.54, 1.807) is 28.7 Å². The van der Waals surface area contributed by atoms with E-state index >= 15 is 0 Å². The zero-order valence-corrected chi connectivity index (χ0v) is 14.9. The van der Waals surface area contributed by atoms with Crippen molar-refractivity contribution < 1.29 is 9.53 Å². The molecule has 24 heavy (non-hydrogen) atoms. The van der Waals surface area contributed by atoms with Crippen LogP contribution in [0.1, 0.15) is 16.2 Å². The van der Waals surface area contributed by atoms with Gasteiger partial charge < -0.3 is 15.8 Å². The zero-order valence-electron chi connectivity index (χ0n) is 13.2. The van der Waals surface area contributed by atoms with Crippen LogP contribution in [-0.2, 0) is 17.8 Å². The second kappa shape index (κ2) is 8.28. The molecule has 1 atom stereocenters. The number of carbonyl (C=O) groups excluding carboxylic acids is 1. The van der Waals surface area contributed by atoms with Gasteiger partial charge in [-0.3, -0.25) is 4.79 Å². The standard InChI is InChI=1S/C18H20N2O2S2/c19-18(21)13-3-5-14(6-4-13)22-17-8-7-16(24-17)12-20-10-9-15-2-1-11-23-15/h1-5,7-8,11,14,20H,6,9-10,12H2,(H2,19,21). The van der Waals surface area contributed by atoms with Crippen molar-refractivity contribution in [2.24, 2.45) is 5.73 Å². The van der Waals surface area contributed by atoms with Crippen LogP contribution in [0, 0.1) is 0 Å². The molecule has 0 bridgehead atoms. The molecule has 0 saturated carbocycles. The Morgan fingerprint density at radius 3 is 2.96 bits per heavy atom. The molecule has 3 rings (SSSR count). The molecule has 0 spiro atoms. The minimum Gasteiger partial charge on any atom is -0.476 e. The summed E-state index contributed by atoms with van der Waals surface area (Å²) in [5, 5.41) is 6.47. The normalized spacial score (nSPS) is 16.8. The van der Waals surface area contributed by atoms with Gasteiger partial charge in [-0.2, -0.15) is 0 Å². The highest BCUT2D eigenvalue weighted by molar-refractivity contribution is 7.13. The first-order chi connectivity index (χ1) is 11.7. The number of hydrogen-bond acceptors (Lipinski definition) is 5. The molecule has 6 heteroatoms. The van der Waals surface area contributed by atoms with Crippen molar-refractivity contribution in [1.82, 2.24) is 5.32 Å². The summed E-state index contributed by atoms with van der Waals surface area (Å²) < 4.78 is 5.94. The fraction of sp³-hybridized carbons (Fsp3) is 0.278. The topological polar surface area (TPSA) is 64.4 Å². The molecule has 1 unspecified atom stereocenters.